The molecule has 2 rings (SSSR count). The molecule has 0 bridgehead atoms. The van der Waals surface area contributed by atoms with Crippen LogP contribution in [0.2, 0.25) is 0 Å². The second kappa shape index (κ2) is 8.14. The van der Waals surface area contributed by atoms with Crippen molar-refractivity contribution >= 4 is 11.7 Å². The second-order valence-electron chi connectivity index (χ2n) is 5.07. The predicted octanol–water partition coefficient (Wildman–Crippen LogP) is 3.51. The lowest BCUT2D eigenvalue weighted by molar-refractivity contribution is 0.184. The largest absolute Gasteiger partial charge is 0.455 e. The Bertz CT molecular complexity index is 662. The Morgan fingerprint density at radius 1 is 1.26 bits per heavy atom. The number of carbonyl (C=O) groups is 1. The van der Waals surface area contributed by atoms with Crippen molar-refractivity contribution < 1.29 is 19.0 Å². The summed E-state index contributed by atoms with van der Waals surface area (Å²) in [6.45, 7) is 2.01. The van der Waals surface area contributed by atoms with Crippen LogP contribution in [-0.2, 0) is 0 Å². The summed E-state index contributed by atoms with van der Waals surface area (Å²) < 4.78 is 18.8. The van der Waals surface area contributed by atoms with Crippen LogP contribution in [-0.4, -0.2) is 23.8 Å². The standard InChI is InChI=1S/C17H19FN2O3/c1-12(21)9-10-19-17(22)20-15-7-2-3-8-16(15)23-14-6-4-5-13(18)11-14/h2-8,11-12,21H,9-10H2,1H3,(H2,19,20,22). The first-order valence-electron chi connectivity index (χ1n) is 7.30. The fourth-order valence-corrected chi connectivity index (χ4v) is 1.88. The Kier molecular flexibility index (Phi) is 5.94. The van der Waals surface area contributed by atoms with Gasteiger partial charge in [0, 0.05) is 12.6 Å². The number of amides is 2. The van der Waals surface area contributed by atoms with Crippen molar-refractivity contribution in [2.45, 2.75) is 19.4 Å². The first-order valence-corrected chi connectivity index (χ1v) is 7.30. The number of urea groups is 1. The van der Waals surface area contributed by atoms with Gasteiger partial charge in [0.05, 0.1) is 11.8 Å². The fourth-order valence-electron chi connectivity index (χ4n) is 1.88. The lowest BCUT2D eigenvalue weighted by Gasteiger charge is -2.13. The minimum atomic E-state index is -0.473. The SMILES string of the molecule is CC(O)CCNC(=O)Nc1ccccc1Oc1cccc(F)c1. The number of rotatable bonds is 6. The molecule has 0 saturated heterocycles. The Morgan fingerprint density at radius 2 is 2.04 bits per heavy atom. The van der Waals surface area contributed by atoms with Crippen LogP contribution in [0.3, 0.4) is 0 Å². The number of hydrogen-bond acceptors (Lipinski definition) is 3. The van der Waals surface area contributed by atoms with Crippen LogP contribution in [0.1, 0.15) is 13.3 Å². The Labute approximate surface area is 134 Å². The highest BCUT2D eigenvalue weighted by molar-refractivity contribution is 5.90. The van der Waals surface area contributed by atoms with Crippen molar-refractivity contribution in [3.8, 4) is 11.5 Å². The van der Waals surface area contributed by atoms with Gasteiger partial charge in [-0.05, 0) is 37.6 Å². The average Bonchev–Trinajstić information content (AvgIpc) is 2.49. The molecule has 23 heavy (non-hydrogen) atoms. The monoisotopic (exact) mass is 318 g/mol. The van der Waals surface area contributed by atoms with Crippen molar-refractivity contribution in [1.29, 1.82) is 0 Å². The molecule has 3 N–H and O–H groups in total. The first kappa shape index (κ1) is 16.8. The van der Waals surface area contributed by atoms with Crippen molar-refractivity contribution in [1.82, 2.24) is 5.32 Å². The van der Waals surface area contributed by atoms with Crippen LogP contribution >= 0.6 is 0 Å². The molecule has 2 aromatic carbocycles. The van der Waals surface area contributed by atoms with Crippen LogP contribution in [0, 0.1) is 5.82 Å². The van der Waals surface area contributed by atoms with E-state index in [-0.39, 0.29) is 0 Å². The summed E-state index contributed by atoms with van der Waals surface area (Å²) in [5.74, 6) is 0.348. The molecule has 2 amide bonds. The zero-order valence-electron chi connectivity index (χ0n) is 12.8. The summed E-state index contributed by atoms with van der Waals surface area (Å²) >= 11 is 0. The summed E-state index contributed by atoms with van der Waals surface area (Å²) in [4.78, 5) is 11.8. The van der Waals surface area contributed by atoms with Crippen LogP contribution < -0.4 is 15.4 Å². The maximum Gasteiger partial charge on any atom is 0.319 e. The van der Waals surface area contributed by atoms with E-state index in [0.717, 1.165) is 0 Å². The van der Waals surface area contributed by atoms with E-state index in [9.17, 15) is 9.18 Å². The van der Waals surface area contributed by atoms with Gasteiger partial charge in [0.1, 0.15) is 11.6 Å². The van der Waals surface area contributed by atoms with Crippen molar-refractivity contribution in [3.05, 3.63) is 54.3 Å². The minimum absolute atomic E-state index is 0.341. The topological polar surface area (TPSA) is 70.6 Å². The highest BCUT2D eigenvalue weighted by Crippen LogP contribution is 2.29. The molecule has 0 heterocycles. The molecule has 0 aliphatic heterocycles. The molecule has 0 aromatic heterocycles. The molecule has 0 saturated carbocycles. The van der Waals surface area contributed by atoms with Gasteiger partial charge in [-0.25, -0.2) is 9.18 Å². The molecule has 122 valence electrons. The molecule has 0 radical (unpaired) electrons. The van der Waals surface area contributed by atoms with Gasteiger partial charge >= 0.3 is 6.03 Å². The van der Waals surface area contributed by atoms with Crippen LogP contribution in [0.25, 0.3) is 0 Å². The molecule has 6 heteroatoms. The number of carbonyl (C=O) groups excluding carboxylic acids is 1. The molecule has 0 aliphatic carbocycles. The van der Waals surface area contributed by atoms with Crippen LogP contribution in [0.4, 0.5) is 14.9 Å². The van der Waals surface area contributed by atoms with Gasteiger partial charge in [-0.15, -0.1) is 0 Å². The number of halogens is 1. The zero-order valence-corrected chi connectivity index (χ0v) is 12.8. The molecule has 1 unspecified atom stereocenters. The maximum absolute atomic E-state index is 13.2. The first-order chi connectivity index (χ1) is 11.0. The maximum atomic E-state index is 13.2. The van der Waals surface area contributed by atoms with E-state index >= 15 is 0 Å². The Balaban J connectivity index is 2.01. The van der Waals surface area contributed by atoms with E-state index in [1.54, 1.807) is 43.3 Å². The smallest absolute Gasteiger partial charge is 0.319 e. The van der Waals surface area contributed by atoms with E-state index in [4.69, 9.17) is 9.84 Å². The highest BCUT2D eigenvalue weighted by Gasteiger charge is 2.08. The summed E-state index contributed by atoms with van der Waals surface area (Å²) in [6, 6.07) is 12.2. The molecule has 0 spiro atoms. The van der Waals surface area contributed by atoms with Crippen LogP contribution in [0.5, 0.6) is 11.5 Å². The lowest BCUT2D eigenvalue weighted by atomic mass is 10.3. The zero-order chi connectivity index (χ0) is 16.7. The summed E-state index contributed by atoms with van der Waals surface area (Å²) in [6.07, 6.45) is -0.00612. The normalized spacial score (nSPS) is 11.6. The third-order valence-corrected chi connectivity index (χ3v) is 3.01. The Hall–Kier alpha value is -2.60. The van der Waals surface area contributed by atoms with Gasteiger partial charge in [0.2, 0.25) is 0 Å². The number of hydrogen-bond donors (Lipinski definition) is 3. The van der Waals surface area contributed by atoms with Gasteiger partial charge in [-0.1, -0.05) is 18.2 Å². The van der Waals surface area contributed by atoms with Gasteiger partial charge < -0.3 is 20.5 Å². The molecule has 0 aliphatic rings. The van der Waals surface area contributed by atoms with Crippen molar-refractivity contribution in [2.24, 2.45) is 0 Å². The van der Waals surface area contributed by atoms with E-state index in [1.807, 2.05) is 0 Å². The minimum Gasteiger partial charge on any atom is -0.455 e. The number of benzene rings is 2. The third kappa shape index (κ3) is 5.60. The van der Waals surface area contributed by atoms with E-state index in [2.05, 4.69) is 10.6 Å². The molecule has 0 fully saturated rings. The van der Waals surface area contributed by atoms with Gasteiger partial charge in [0.15, 0.2) is 5.75 Å². The van der Waals surface area contributed by atoms with Crippen molar-refractivity contribution in [2.75, 3.05) is 11.9 Å². The molecule has 1 atom stereocenters. The molecular weight excluding hydrogens is 299 g/mol. The van der Waals surface area contributed by atoms with Gasteiger partial charge in [-0.3, -0.25) is 0 Å². The number of ether oxygens (including phenoxy) is 1. The summed E-state index contributed by atoms with van der Waals surface area (Å²) in [5.41, 5.74) is 0.464. The highest BCUT2D eigenvalue weighted by atomic mass is 19.1. The van der Waals surface area contributed by atoms with Gasteiger partial charge in [-0.2, -0.15) is 0 Å². The number of aliphatic hydroxyl groups is 1. The summed E-state index contributed by atoms with van der Waals surface area (Å²) in [7, 11) is 0. The predicted molar refractivity (Wildman–Crippen MR) is 86.2 cm³/mol. The molecular formula is C17H19FN2O3. The summed E-state index contributed by atoms with van der Waals surface area (Å²) in [5, 5.41) is 14.5. The molecule has 2 aromatic rings. The quantitative estimate of drug-likeness (QED) is 0.763. The number of para-hydroxylation sites is 2. The lowest BCUT2D eigenvalue weighted by Crippen LogP contribution is -2.31. The van der Waals surface area contributed by atoms with Crippen molar-refractivity contribution in [3.63, 3.8) is 0 Å². The number of nitrogens with one attached hydrogen (secondary N) is 2. The van der Waals surface area contributed by atoms with Crippen LogP contribution in [0.15, 0.2) is 48.5 Å². The second-order valence-corrected chi connectivity index (χ2v) is 5.07. The van der Waals surface area contributed by atoms with E-state index in [0.29, 0.717) is 30.2 Å². The van der Waals surface area contributed by atoms with E-state index < -0.39 is 18.0 Å². The van der Waals surface area contributed by atoms with Gasteiger partial charge in [0.25, 0.3) is 0 Å². The van der Waals surface area contributed by atoms with E-state index in [1.165, 1.54) is 12.1 Å². The Morgan fingerprint density at radius 3 is 2.78 bits per heavy atom. The third-order valence-electron chi connectivity index (χ3n) is 3.01. The number of aliphatic hydroxyl groups excluding tert-OH is 1. The average molecular weight is 318 g/mol. The fraction of sp³-hybridized carbons (Fsp3) is 0.235. The molecule has 5 nitrogen and oxygen atoms in total. The number of anilines is 1.